The summed E-state index contributed by atoms with van der Waals surface area (Å²) in [5, 5.41) is 6.32. The Morgan fingerprint density at radius 2 is 1.87 bits per heavy atom. The van der Waals surface area contributed by atoms with Crippen molar-refractivity contribution in [1.29, 1.82) is 0 Å². The Bertz CT molecular complexity index is 904. The Hall–Kier alpha value is -2.55. The number of carbonyl (C=O) groups is 2. The van der Waals surface area contributed by atoms with Gasteiger partial charge in [-0.1, -0.05) is 25.4 Å². The first-order valence-corrected chi connectivity index (χ1v) is 10.2. The van der Waals surface area contributed by atoms with Crippen LogP contribution < -0.4 is 10.6 Å². The molecule has 0 aliphatic carbocycles. The van der Waals surface area contributed by atoms with Crippen LogP contribution in [-0.4, -0.2) is 52.3 Å². The van der Waals surface area contributed by atoms with Crippen molar-refractivity contribution in [2.45, 2.75) is 53.6 Å². The maximum Gasteiger partial charge on any atom is 0.407 e. The van der Waals surface area contributed by atoms with Gasteiger partial charge < -0.3 is 25.1 Å². The summed E-state index contributed by atoms with van der Waals surface area (Å²) in [5.41, 5.74) is 0.387. The molecule has 2 aromatic rings. The number of carbonyl (C=O) groups excluding carboxylic acids is 2. The molecule has 0 fully saturated rings. The highest BCUT2D eigenvalue weighted by Crippen LogP contribution is 2.25. The summed E-state index contributed by atoms with van der Waals surface area (Å²) >= 11 is 6.14. The second-order valence-electron chi connectivity index (χ2n) is 8.73. The molecular weight excluding hydrogens is 410 g/mol. The second kappa shape index (κ2) is 9.51. The predicted molar refractivity (Wildman–Crippen MR) is 116 cm³/mol. The Labute approximate surface area is 181 Å². The van der Waals surface area contributed by atoms with Gasteiger partial charge in [0.05, 0.1) is 12.1 Å². The van der Waals surface area contributed by atoms with Crippen molar-refractivity contribution < 1.29 is 19.1 Å². The van der Waals surface area contributed by atoms with E-state index >= 15 is 0 Å². The smallest absolute Gasteiger partial charge is 0.407 e. The number of H-pyrrole nitrogens is 1. The van der Waals surface area contributed by atoms with Crippen LogP contribution in [0.4, 0.5) is 10.6 Å². The van der Waals surface area contributed by atoms with Gasteiger partial charge in [-0.15, -0.1) is 0 Å². The molecule has 30 heavy (non-hydrogen) atoms. The van der Waals surface area contributed by atoms with Gasteiger partial charge in [0.1, 0.15) is 28.5 Å². The van der Waals surface area contributed by atoms with E-state index in [0.717, 1.165) is 0 Å². The van der Waals surface area contributed by atoms with Gasteiger partial charge in [0, 0.05) is 19.2 Å². The Balaban J connectivity index is 2.06. The van der Waals surface area contributed by atoms with Crippen LogP contribution >= 0.6 is 11.6 Å². The number of nitrogens with zero attached hydrogens (tertiary/aromatic N) is 2. The minimum atomic E-state index is -0.552. The molecule has 0 aliphatic heterocycles. The number of alkyl carbamates (subject to hydrolysis) is 1. The van der Waals surface area contributed by atoms with E-state index in [1.807, 2.05) is 34.6 Å². The third kappa shape index (κ3) is 7.37. The summed E-state index contributed by atoms with van der Waals surface area (Å²) in [6, 6.07) is 1.65. The molecule has 2 rings (SSSR count). The lowest BCUT2D eigenvalue weighted by Crippen LogP contribution is -2.40. The van der Waals surface area contributed by atoms with Crippen LogP contribution in [0.15, 0.2) is 6.07 Å². The van der Waals surface area contributed by atoms with Crippen LogP contribution in [0.3, 0.4) is 0 Å². The second-order valence-corrected chi connectivity index (χ2v) is 9.12. The first-order chi connectivity index (χ1) is 13.9. The monoisotopic (exact) mass is 439 g/mol. The van der Waals surface area contributed by atoms with Gasteiger partial charge in [0.2, 0.25) is 0 Å². The van der Waals surface area contributed by atoms with Crippen LogP contribution in [0, 0.1) is 5.41 Å². The topological polar surface area (TPSA) is 118 Å². The maximum absolute atomic E-state index is 11.9. The van der Waals surface area contributed by atoms with E-state index in [1.165, 1.54) is 0 Å². The van der Waals surface area contributed by atoms with Crippen LogP contribution in [0.1, 0.15) is 47.4 Å². The van der Waals surface area contributed by atoms with Gasteiger partial charge in [-0.3, -0.25) is 4.79 Å². The molecule has 0 atom stereocenters. The van der Waals surface area contributed by atoms with Crippen molar-refractivity contribution in [2.24, 2.45) is 5.41 Å². The molecule has 9 nitrogen and oxygen atoms in total. The van der Waals surface area contributed by atoms with Crippen molar-refractivity contribution in [1.82, 2.24) is 20.3 Å². The summed E-state index contributed by atoms with van der Waals surface area (Å²) in [5.74, 6) is 0.607. The molecule has 0 aliphatic rings. The van der Waals surface area contributed by atoms with Crippen molar-refractivity contribution in [2.75, 3.05) is 25.0 Å². The molecule has 0 saturated heterocycles. The molecule has 0 spiro atoms. The van der Waals surface area contributed by atoms with Gasteiger partial charge in [-0.2, -0.15) is 0 Å². The normalized spacial score (nSPS) is 12.0. The molecule has 10 heteroatoms. The van der Waals surface area contributed by atoms with Crippen molar-refractivity contribution in [3.05, 3.63) is 17.0 Å². The lowest BCUT2D eigenvalue weighted by Gasteiger charge is -2.27. The quantitative estimate of drug-likeness (QED) is 0.424. The zero-order chi connectivity index (χ0) is 22.5. The highest BCUT2D eigenvalue weighted by molar-refractivity contribution is 6.30. The van der Waals surface area contributed by atoms with E-state index in [-0.39, 0.29) is 17.8 Å². The van der Waals surface area contributed by atoms with E-state index in [1.54, 1.807) is 13.0 Å². The first-order valence-electron chi connectivity index (χ1n) is 9.80. The number of hydrogen-bond acceptors (Lipinski definition) is 7. The number of aromatic nitrogens is 3. The number of nitrogens with one attached hydrogen (secondary N) is 3. The van der Waals surface area contributed by atoms with E-state index in [9.17, 15) is 9.59 Å². The zero-order valence-corrected chi connectivity index (χ0v) is 19.1. The van der Waals surface area contributed by atoms with Gasteiger partial charge in [0.25, 0.3) is 0 Å². The summed E-state index contributed by atoms with van der Waals surface area (Å²) in [4.78, 5) is 35.5. The molecule has 2 aromatic heterocycles. The summed E-state index contributed by atoms with van der Waals surface area (Å²) in [7, 11) is 0. The molecule has 0 bridgehead atoms. The lowest BCUT2D eigenvalue weighted by atomic mass is 9.93. The first kappa shape index (κ1) is 23.7. The average Bonchev–Trinajstić information content (AvgIpc) is 2.99. The maximum atomic E-state index is 11.9. The van der Waals surface area contributed by atoms with E-state index < -0.39 is 11.7 Å². The summed E-state index contributed by atoms with van der Waals surface area (Å²) in [6.07, 6.45) is -0.431. The molecule has 166 valence electrons. The molecule has 0 unspecified atom stereocenters. The van der Waals surface area contributed by atoms with Crippen molar-refractivity contribution >= 4 is 40.5 Å². The minimum Gasteiger partial charge on any atom is -0.466 e. The number of ether oxygens (including phenoxy) is 2. The van der Waals surface area contributed by atoms with Gasteiger partial charge in [0.15, 0.2) is 5.82 Å². The Morgan fingerprint density at radius 3 is 2.50 bits per heavy atom. The average molecular weight is 440 g/mol. The highest BCUT2D eigenvalue weighted by Gasteiger charge is 2.23. The van der Waals surface area contributed by atoms with E-state index in [4.69, 9.17) is 21.1 Å². The van der Waals surface area contributed by atoms with Crippen LogP contribution in [0.2, 0.25) is 5.15 Å². The zero-order valence-electron chi connectivity index (χ0n) is 18.3. The fourth-order valence-electron chi connectivity index (χ4n) is 2.60. The van der Waals surface area contributed by atoms with Crippen molar-refractivity contribution in [3.63, 3.8) is 0 Å². The number of halogens is 1. The van der Waals surface area contributed by atoms with Crippen LogP contribution in [0.25, 0.3) is 11.0 Å². The fraction of sp³-hybridized carbons (Fsp3) is 0.600. The Kier molecular flexibility index (Phi) is 7.52. The number of pyridine rings is 1. The molecular formula is C20H30ClN5O4. The number of anilines is 1. The number of hydrogen-bond donors (Lipinski definition) is 3. The lowest BCUT2D eigenvalue weighted by molar-refractivity contribution is -0.142. The SMILES string of the molecule is CCOC(=O)Cc1nc2c(NCC(C)(C)CNC(=O)OC(C)(C)C)nc(Cl)cc2[nH]1. The predicted octanol–water partition coefficient (Wildman–Crippen LogP) is 3.68. The number of fused-ring (bicyclic) bond motifs is 1. The summed E-state index contributed by atoms with van der Waals surface area (Å²) < 4.78 is 10.2. The summed E-state index contributed by atoms with van der Waals surface area (Å²) in [6.45, 7) is 12.4. The van der Waals surface area contributed by atoms with E-state index in [0.29, 0.717) is 47.5 Å². The number of esters is 1. The van der Waals surface area contributed by atoms with Crippen LogP contribution in [0.5, 0.6) is 0 Å². The molecule has 0 radical (unpaired) electrons. The number of aromatic amines is 1. The third-order valence-corrected chi connectivity index (χ3v) is 4.14. The number of amides is 1. The number of imidazole rings is 1. The molecule has 1 amide bonds. The fourth-order valence-corrected chi connectivity index (χ4v) is 2.79. The van der Waals surface area contributed by atoms with Gasteiger partial charge in [-0.05, 0) is 33.1 Å². The third-order valence-electron chi connectivity index (χ3n) is 3.95. The highest BCUT2D eigenvalue weighted by atomic mass is 35.5. The Morgan fingerprint density at radius 1 is 1.17 bits per heavy atom. The largest absolute Gasteiger partial charge is 0.466 e. The van der Waals surface area contributed by atoms with Crippen molar-refractivity contribution in [3.8, 4) is 0 Å². The van der Waals surface area contributed by atoms with Gasteiger partial charge in [-0.25, -0.2) is 14.8 Å². The molecule has 0 saturated carbocycles. The number of rotatable bonds is 8. The minimum absolute atomic E-state index is 0.0326. The molecule has 2 heterocycles. The van der Waals surface area contributed by atoms with Crippen LogP contribution in [-0.2, 0) is 20.7 Å². The standard InChI is InChI=1S/C20H30ClN5O4/c1-7-29-15(27)9-14-24-12-8-13(21)25-17(16(12)26-14)22-10-20(5,6)11-23-18(28)30-19(2,3)4/h8H,7,9-11H2,1-6H3,(H,22,25)(H,23,28)(H,24,26). The molecule has 0 aromatic carbocycles. The van der Waals surface area contributed by atoms with Gasteiger partial charge >= 0.3 is 12.1 Å². The van der Waals surface area contributed by atoms with E-state index in [2.05, 4.69) is 25.6 Å². The molecule has 3 N–H and O–H groups in total.